The molecule has 0 aliphatic carbocycles. The van der Waals surface area contributed by atoms with Crippen molar-refractivity contribution in [3.8, 4) is 0 Å². The van der Waals surface area contributed by atoms with Gasteiger partial charge in [-0.05, 0) is 48.0 Å². The zero-order chi connectivity index (χ0) is 25.4. The second-order valence-corrected chi connectivity index (χ2v) is 9.59. The van der Waals surface area contributed by atoms with Crippen molar-refractivity contribution >= 4 is 44.8 Å². The lowest BCUT2D eigenvalue weighted by Gasteiger charge is -2.25. The summed E-state index contributed by atoms with van der Waals surface area (Å²) in [5, 5.41) is 19.3. The van der Waals surface area contributed by atoms with Gasteiger partial charge in [0.05, 0.1) is 15.3 Å². The van der Waals surface area contributed by atoms with Crippen LogP contribution in [0, 0.1) is 5.82 Å². The van der Waals surface area contributed by atoms with Crippen molar-refractivity contribution in [1.29, 1.82) is 0 Å². The molecule has 1 aliphatic heterocycles. The Morgan fingerprint density at radius 3 is 2.40 bits per heavy atom. The molecule has 1 unspecified atom stereocenters. The van der Waals surface area contributed by atoms with Gasteiger partial charge >= 0.3 is 11.9 Å². The lowest BCUT2D eigenvalue weighted by Crippen LogP contribution is -2.34. The molecule has 11 heteroatoms. The van der Waals surface area contributed by atoms with Crippen molar-refractivity contribution in [3.63, 3.8) is 0 Å². The summed E-state index contributed by atoms with van der Waals surface area (Å²) in [5.41, 5.74) is -2.33. The Bertz CT molecular complexity index is 1620. The molecule has 1 aliphatic rings. The first-order chi connectivity index (χ1) is 16.5. The Balaban J connectivity index is 1.93. The van der Waals surface area contributed by atoms with E-state index in [1.807, 2.05) is 0 Å². The molecule has 4 rings (SSSR count). The number of anilines is 1. The smallest absolute Gasteiger partial charge is 0.341 e. The van der Waals surface area contributed by atoms with Gasteiger partial charge in [0.25, 0.3) is 10.0 Å². The molecule has 3 N–H and O–H groups in total. The van der Waals surface area contributed by atoms with E-state index >= 15 is 0 Å². The Morgan fingerprint density at radius 2 is 1.74 bits per heavy atom. The Morgan fingerprint density at radius 1 is 1.03 bits per heavy atom. The number of carbonyl (C=O) groups is 2. The van der Waals surface area contributed by atoms with E-state index in [0.717, 1.165) is 18.2 Å². The number of halogens is 2. The normalized spacial score (nSPS) is 17.1. The van der Waals surface area contributed by atoms with E-state index < -0.39 is 33.3 Å². The summed E-state index contributed by atoms with van der Waals surface area (Å²) in [5.74, 6) is -3.63. The SMILES string of the molecule is O=C(O)C=CC1=c2cc(F)cc(Cl)c2=NC1(C(=O)O)c1cccc(NS(=O)(=O)c2ccccc2)c1. The fourth-order valence-corrected chi connectivity index (χ4v) is 5.12. The highest BCUT2D eigenvalue weighted by molar-refractivity contribution is 7.92. The molecule has 3 aromatic rings. The first kappa shape index (κ1) is 24.1. The molecule has 3 aromatic carbocycles. The number of nitrogens with zero attached hydrogens (tertiary/aromatic N) is 1. The minimum Gasteiger partial charge on any atom is -0.479 e. The van der Waals surface area contributed by atoms with E-state index in [4.69, 9.17) is 16.7 Å². The molecule has 1 heterocycles. The van der Waals surface area contributed by atoms with Crippen molar-refractivity contribution in [2.45, 2.75) is 10.4 Å². The zero-order valence-electron chi connectivity index (χ0n) is 17.6. The number of nitrogens with one attached hydrogen (secondary N) is 1. The van der Waals surface area contributed by atoms with Gasteiger partial charge in [0.2, 0.25) is 5.54 Å². The number of aliphatic carboxylic acids is 2. The summed E-state index contributed by atoms with van der Waals surface area (Å²) in [6.07, 6.45) is 1.72. The van der Waals surface area contributed by atoms with Crippen LogP contribution in [0.1, 0.15) is 5.56 Å². The van der Waals surface area contributed by atoms with Gasteiger partial charge in [0, 0.05) is 22.6 Å². The third kappa shape index (κ3) is 4.41. The van der Waals surface area contributed by atoms with Gasteiger partial charge in [0.1, 0.15) is 5.82 Å². The van der Waals surface area contributed by atoms with E-state index in [1.165, 1.54) is 36.4 Å². The summed E-state index contributed by atoms with van der Waals surface area (Å²) >= 11 is 6.14. The molecular formula is C24H16ClFN2O6S. The lowest BCUT2D eigenvalue weighted by atomic mass is 9.83. The molecule has 8 nitrogen and oxygen atoms in total. The van der Waals surface area contributed by atoms with E-state index in [-0.39, 0.29) is 37.3 Å². The monoisotopic (exact) mass is 514 g/mol. The van der Waals surface area contributed by atoms with Gasteiger partial charge in [-0.15, -0.1) is 0 Å². The van der Waals surface area contributed by atoms with E-state index in [0.29, 0.717) is 6.08 Å². The Kier molecular flexibility index (Phi) is 6.18. The Hall–Kier alpha value is -4.02. The second kappa shape index (κ2) is 8.97. The van der Waals surface area contributed by atoms with Crippen molar-refractivity contribution in [1.82, 2.24) is 0 Å². The molecule has 178 valence electrons. The van der Waals surface area contributed by atoms with Gasteiger partial charge in [0.15, 0.2) is 0 Å². The van der Waals surface area contributed by atoms with Crippen molar-refractivity contribution < 1.29 is 32.6 Å². The van der Waals surface area contributed by atoms with Crippen LogP contribution in [0.15, 0.2) is 88.8 Å². The minimum absolute atomic E-state index is 0.00373. The molecule has 0 saturated heterocycles. The van der Waals surface area contributed by atoms with Crippen LogP contribution in [0.2, 0.25) is 5.02 Å². The maximum absolute atomic E-state index is 14.2. The van der Waals surface area contributed by atoms with E-state index in [9.17, 15) is 27.5 Å². The fraction of sp³-hybridized carbons (Fsp3) is 0.0417. The minimum atomic E-state index is -3.99. The number of sulfonamides is 1. The lowest BCUT2D eigenvalue weighted by molar-refractivity contribution is -0.141. The molecule has 0 spiro atoms. The summed E-state index contributed by atoms with van der Waals surface area (Å²) < 4.78 is 42.1. The maximum Gasteiger partial charge on any atom is 0.341 e. The highest BCUT2D eigenvalue weighted by atomic mass is 35.5. The van der Waals surface area contributed by atoms with Crippen LogP contribution >= 0.6 is 11.6 Å². The van der Waals surface area contributed by atoms with Crippen LogP contribution in [-0.2, 0) is 25.2 Å². The summed E-state index contributed by atoms with van der Waals surface area (Å²) in [7, 11) is -3.99. The highest BCUT2D eigenvalue weighted by Crippen LogP contribution is 2.38. The summed E-state index contributed by atoms with van der Waals surface area (Å²) in [6.45, 7) is 0. The van der Waals surface area contributed by atoms with Crippen LogP contribution in [-0.4, -0.2) is 30.6 Å². The topological polar surface area (TPSA) is 133 Å². The molecule has 0 bridgehead atoms. The van der Waals surface area contributed by atoms with Crippen LogP contribution in [0.3, 0.4) is 0 Å². The molecule has 0 fully saturated rings. The fourth-order valence-electron chi connectivity index (χ4n) is 3.80. The van der Waals surface area contributed by atoms with Gasteiger partial charge in [-0.3, -0.25) is 9.71 Å². The number of hydrogen-bond donors (Lipinski definition) is 3. The van der Waals surface area contributed by atoms with Gasteiger partial charge < -0.3 is 10.2 Å². The largest absolute Gasteiger partial charge is 0.479 e. The first-order valence-corrected chi connectivity index (χ1v) is 11.8. The van der Waals surface area contributed by atoms with E-state index in [2.05, 4.69) is 9.71 Å². The van der Waals surface area contributed by atoms with Crippen LogP contribution in [0.5, 0.6) is 0 Å². The predicted molar refractivity (Wildman–Crippen MR) is 125 cm³/mol. The number of fused-ring (bicyclic) bond motifs is 1. The summed E-state index contributed by atoms with van der Waals surface area (Å²) in [4.78, 5) is 28.2. The molecule has 0 radical (unpaired) electrons. The summed E-state index contributed by atoms with van der Waals surface area (Å²) in [6, 6.07) is 15.0. The van der Waals surface area contributed by atoms with Crippen molar-refractivity contribution in [2.75, 3.05) is 4.72 Å². The van der Waals surface area contributed by atoms with Crippen LogP contribution in [0.4, 0.5) is 10.1 Å². The second-order valence-electron chi connectivity index (χ2n) is 7.50. The number of carboxylic acid groups (broad SMARTS) is 2. The number of rotatable bonds is 7. The van der Waals surface area contributed by atoms with E-state index in [1.54, 1.807) is 18.2 Å². The molecule has 0 saturated carbocycles. The van der Waals surface area contributed by atoms with Gasteiger partial charge in [-0.2, -0.15) is 0 Å². The molecule has 0 amide bonds. The quantitative estimate of drug-likeness (QED) is 0.415. The van der Waals surface area contributed by atoms with Crippen LogP contribution in [0.25, 0.3) is 5.57 Å². The number of benzene rings is 3. The van der Waals surface area contributed by atoms with Gasteiger partial charge in [-0.1, -0.05) is 41.9 Å². The molecular weight excluding hydrogens is 499 g/mol. The number of hydrogen-bond acceptors (Lipinski definition) is 5. The average molecular weight is 515 g/mol. The molecule has 35 heavy (non-hydrogen) atoms. The highest BCUT2D eigenvalue weighted by Gasteiger charge is 2.46. The Labute approximate surface area is 203 Å². The zero-order valence-corrected chi connectivity index (χ0v) is 19.2. The third-order valence-electron chi connectivity index (χ3n) is 5.28. The molecule has 1 atom stereocenters. The number of carboxylic acids is 2. The van der Waals surface area contributed by atoms with Crippen LogP contribution < -0.4 is 15.3 Å². The predicted octanol–water partition coefficient (Wildman–Crippen LogP) is 2.68. The average Bonchev–Trinajstić information content (AvgIpc) is 3.14. The maximum atomic E-state index is 14.2. The van der Waals surface area contributed by atoms with Gasteiger partial charge in [-0.25, -0.2) is 22.4 Å². The standard InChI is InChI=1S/C24H16ClFN2O6S/c25-20-13-15(26)12-18-19(9-10-21(29)30)24(23(31)32,27-22(18)20)14-5-4-6-16(11-14)28-35(33,34)17-7-2-1-3-8-17/h1-13,28H,(H,29,30)(H,31,32). The van der Waals surface area contributed by atoms with Crippen molar-refractivity contribution in [3.05, 3.63) is 106 Å². The third-order valence-corrected chi connectivity index (χ3v) is 6.96. The first-order valence-electron chi connectivity index (χ1n) is 9.97. The molecule has 0 aromatic heterocycles. The van der Waals surface area contributed by atoms with Crippen molar-refractivity contribution in [2.24, 2.45) is 4.99 Å².